The van der Waals surface area contributed by atoms with Gasteiger partial charge in [0, 0.05) is 11.3 Å². The molecule has 0 radical (unpaired) electrons. The minimum atomic E-state index is -0.826. The van der Waals surface area contributed by atoms with Gasteiger partial charge in [-0.15, -0.1) is 0 Å². The predicted molar refractivity (Wildman–Crippen MR) is 72.5 cm³/mol. The van der Waals surface area contributed by atoms with Crippen molar-refractivity contribution in [3.05, 3.63) is 59.7 Å². The Balaban J connectivity index is 2.07. The molecule has 2 aromatic rings. The van der Waals surface area contributed by atoms with Crippen molar-refractivity contribution in [2.45, 2.75) is 6.10 Å². The largest absolute Gasteiger partial charge is 0.489 e. The molecule has 19 heavy (non-hydrogen) atoms. The molecule has 4 nitrogen and oxygen atoms in total. The summed E-state index contributed by atoms with van der Waals surface area (Å²) >= 11 is 0. The molecule has 0 spiro atoms. The van der Waals surface area contributed by atoms with Crippen LogP contribution in [0.25, 0.3) is 0 Å². The molecule has 0 aromatic heterocycles. The number of hydrogen-bond acceptors (Lipinski definition) is 4. The van der Waals surface area contributed by atoms with Crippen molar-refractivity contribution in [2.75, 3.05) is 12.3 Å². The predicted octanol–water partition coefficient (Wildman–Crippen LogP) is 2.25. The van der Waals surface area contributed by atoms with Gasteiger partial charge in [-0.05, 0) is 18.2 Å². The van der Waals surface area contributed by atoms with E-state index >= 15 is 0 Å². The number of rotatable bonds is 4. The summed E-state index contributed by atoms with van der Waals surface area (Å²) in [7, 11) is 0. The fraction of sp³-hybridized carbons (Fsp3) is 0.133. The third kappa shape index (κ3) is 3.03. The van der Waals surface area contributed by atoms with Crippen LogP contribution < -0.4 is 10.5 Å². The summed E-state index contributed by atoms with van der Waals surface area (Å²) in [6, 6.07) is 16.0. The lowest BCUT2D eigenvalue weighted by Crippen LogP contribution is -2.12. The van der Waals surface area contributed by atoms with Crippen molar-refractivity contribution in [2.24, 2.45) is 0 Å². The molecule has 4 heteroatoms. The first-order valence-corrected chi connectivity index (χ1v) is 5.86. The Labute approximate surface area is 111 Å². The molecule has 2 rings (SSSR count). The maximum atomic E-state index is 10.0. The average molecular weight is 254 g/mol. The van der Waals surface area contributed by atoms with E-state index in [9.17, 15) is 5.11 Å². The highest BCUT2D eigenvalue weighted by molar-refractivity contribution is 5.48. The maximum absolute atomic E-state index is 10.0. The lowest BCUT2D eigenvalue weighted by atomic mass is 10.1. The first-order chi connectivity index (χ1) is 9.22. The van der Waals surface area contributed by atoms with Crippen LogP contribution >= 0.6 is 0 Å². The van der Waals surface area contributed by atoms with E-state index in [-0.39, 0.29) is 6.61 Å². The molecule has 2 aromatic carbocycles. The number of para-hydroxylation sites is 2. The van der Waals surface area contributed by atoms with Gasteiger partial charge in [0.2, 0.25) is 0 Å². The van der Waals surface area contributed by atoms with Crippen LogP contribution in [-0.2, 0) is 0 Å². The van der Waals surface area contributed by atoms with Gasteiger partial charge in [-0.25, -0.2) is 0 Å². The van der Waals surface area contributed by atoms with Crippen LogP contribution in [-0.4, -0.2) is 11.7 Å². The number of ether oxygens (including phenoxy) is 1. The Morgan fingerprint density at radius 2 is 1.84 bits per heavy atom. The van der Waals surface area contributed by atoms with Crippen molar-refractivity contribution in [3.63, 3.8) is 0 Å². The molecule has 0 saturated carbocycles. The molecule has 0 heterocycles. The number of nitrogens with two attached hydrogens (primary N) is 1. The summed E-state index contributed by atoms with van der Waals surface area (Å²) in [4.78, 5) is 0. The molecule has 0 aliphatic heterocycles. The highest BCUT2D eigenvalue weighted by atomic mass is 16.5. The zero-order valence-electron chi connectivity index (χ0n) is 10.3. The van der Waals surface area contributed by atoms with E-state index in [2.05, 4.69) is 0 Å². The van der Waals surface area contributed by atoms with Gasteiger partial charge < -0.3 is 15.6 Å². The third-order valence-electron chi connectivity index (χ3n) is 2.76. The standard InChI is InChI=1S/C15H14N2O2/c16-9-11-5-1-4-8-15(11)19-10-14(18)12-6-2-3-7-13(12)17/h1-8,14,18H,10,17H2. The fourth-order valence-electron chi connectivity index (χ4n) is 1.76. The molecule has 0 saturated heterocycles. The molecule has 1 unspecified atom stereocenters. The number of hydrogen-bond donors (Lipinski definition) is 2. The zero-order chi connectivity index (χ0) is 13.7. The molecular formula is C15H14N2O2. The molecule has 0 aliphatic rings. The molecule has 0 bridgehead atoms. The zero-order valence-corrected chi connectivity index (χ0v) is 10.3. The van der Waals surface area contributed by atoms with Crippen LogP contribution in [0, 0.1) is 11.3 Å². The molecule has 3 N–H and O–H groups in total. The van der Waals surface area contributed by atoms with Gasteiger partial charge in [0.05, 0.1) is 5.56 Å². The van der Waals surface area contributed by atoms with Crippen LogP contribution in [0.3, 0.4) is 0 Å². The van der Waals surface area contributed by atoms with Gasteiger partial charge >= 0.3 is 0 Å². The molecule has 0 fully saturated rings. The quantitative estimate of drug-likeness (QED) is 0.820. The summed E-state index contributed by atoms with van der Waals surface area (Å²) in [5.41, 5.74) is 7.36. The van der Waals surface area contributed by atoms with E-state index in [4.69, 9.17) is 15.7 Å². The van der Waals surface area contributed by atoms with Gasteiger partial charge in [0.15, 0.2) is 0 Å². The van der Waals surface area contributed by atoms with E-state index in [1.165, 1.54) is 0 Å². The van der Waals surface area contributed by atoms with Gasteiger partial charge in [-0.1, -0.05) is 30.3 Å². The summed E-state index contributed by atoms with van der Waals surface area (Å²) in [5.74, 6) is 0.457. The Kier molecular flexibility index (Phi) is 4.01. The number of anilines is 1. The van der Waals surface area contributed by atoms with E-state index in [0.29, 0.717) is 22.6 Å². The third-order valence-corrected chi connectivity index (χ3v) is 2.76. The summed E-state index contributed by atoms with van der Waals surface area (Å²) in [6.45, 7) is 0.0485. The van der Waals surface area contributed by atoms with E-state index in [1.807, 2.05) is 6.07 Å². The number of nitrogens with zero attached hydrogens (tertiary/aromatic N) is 1. The van der Waals surface area contributed by atoms with Crippen molar-refractivity contribution >= 4 is 5.69 Å². The van der Waals surface area contributed by atoms with Crippen molar-refractivity contribution in [3.8, 4) is 11.8 Å². The maximum Gasteiger partial charge on any atom is 0.137 e. The smallest absolute Gasteiger partial charge is 0.137 e. The van der Waals surface area contributed by atoms with Crippen LogP contribution in [0.5, 0.6) is 5.75 Å². The summed E-state index contributed by atoms with van der Waals surface area (Å²) < 4.78 is 5.47. The second-order valence-corrected chi connectivity index (χ2v) is 4.06. The molecule has 96 valence electrons. The molecule has 1 atom stereocenters. The Bertz CT molecular complexity index is 605. The lowest BCUT2D eigenvalue weighted by Gasteiger charge is -2.15. The second kappa shape index (κ2) is 5.89. The van der Waals surface area contributed by atoms with Gasteiger partial charge in [-0.2, -0.15) is 5.26 Å². The van der Waals surface area contributed by atoms with Gasteiger partial charge in [-0.3, -0.25) is 0 Å². The van der Waals surface area contributed by atoms with Crippen LogP contribution in [0.4, 0.5) is 5.69 Å². The topological polar surface area (TPSA) is 79.3 Å². The number of aliphatic hydroxyl groups is 1. The normalized spacial score (nSPS) is 11.6. The Hall–Kier alpha value is -2.51. The number of benzene rings is 2. The number of nitriles is 1. The molecule has 0 amide bonds. The Morgan fingerprint density at radius 1 is 1.16 bits per heavy atom. The summed E-state index contributed by atoms with van der Waals surface area (Å²) in [5, 5.41) is 19.0. The van der Waals surface area contributed by atoms with Crippen molar-refractivity contribution in [1.82, 2.24) is 0 Å². The number of nitrogen functional groups attached to an aromatic ring is 1. The van der Waals surface area contributed by atoms with E-state index < -0.39 is 6.10 Å². The molecular weight excluding hydrogens is 240 g/mol. The van der Waals surface area contributed by atoms with Gasteiger partial charge in [0.1, 0.15) is 24.5 Å². The summed E-state index contributed by atoms with van der Waals surface area (Å²) in [6.07, 6.45) is -0.826. The highest BCUT2D eigenvalue weighted by Gasteiger charge is 2.12. The Morgan fingerprint density at radius 3 is 2.58 bits per heavy atom. The lowest BCUT2D eigenvalue weighted by molar-refractivity contribution is 0.108. The highest BCUT2D eigenvalue weighted by Crippen LogP contribution is 2.22. The second-order valence-electron chi connectivity index (χ2n) is 4.06. The van der Waals surface area contributed by atoms with Crippen LogP contribution in [0.2, 0.25) is 0 Å². The number of aliphatic hydroxyl groups excluding tert-OH is 1. The fourth-order valence-corrected chi connectivity index (χ4v) is 1.76. The average Bonchev–Trinajstić information content (AvgIpc) is 2.45. The van der Waals surface area contributed by atoms with Crippen molar-refractivity contribution in [1.29, 1.82) is 5.26 Å². The minimum Gasteiger partial charge on any atom is -0.489 e. The van der Waals surface area contributed by atoms with Crippen molar-refractivity contribution < 1.29 is 9.84 Å². The minimum absolute atomic E-state index is 0.0485. The SMILES string of the molecule is N#Cc1ccccc1OCC(O)c1ccccc1N. The first kappa shape index (κ1) is 12.9. The van der Waals surface area contributed by atoms with E-state index in [0.717, 1.165) is 0 Å². The van der Waals surface area contributed by atoms with Gasteiger partial charge in [0.25, 0.3) is 0 Å². The molecule has 0 aliphatic carbocycles. The van der Waals surface area contributed by atoms with Crippen LogP contribution in [0.15, 0.2) is 48.5 Å². The monoisotopic (exact) mass is 254 g/mol. The van der Waals surface area contributed by atoms with E-state index in [1.54, 1.807) is 48.5 Å². The first-order valence-electron chi connectivity index (χ1n) is 5.86. The van der Waals surface area contributed by atoms with Crippen LogP contribution in [0.1, 0.15) is 17.2 Å².